The molecule has 1 heterocycles. The summed E-state index contributed by atoms with van der Waals surface area (Å²) in [5.41, 5.74) is 1.19. The van der Waals surface area contributed by atoms with Crippen molar-refractivity contribution in [3.8, 4) is 0 Å². The summed E-state index contributed by atoms with van der Waals surface area (Å²) in [6.45, 7) is 14.6. The Morgan fingerprint density at radius 1 is 1.19 bits per heavy atom. The molecule has 0 aromatic carbocycles. The summed E-state index contributed by atoms with van der Waals surface area (Å²) in [4.78, 5) is 8.50. The molecule has 0 saturated carbocycles. The first-order chi connectivity index (χ1) is 9.91. The average Bonchev–Trinajstić information content (AvgIpc) is 2.79. The topological polar surface area (TPSA) is 37.4 Å². The third kappa shape index (κ3) is 6.32. The Morgan fingerprint density at radius 3 is 2.29 bits per heavy atom. The summed E-state index contributed by atoms with van der Waals surface area (Å²) in [7, 11) is 1.73. The molecular weight excluding hydrogens is 282 g/mol. The van der Waals surface area contributed by atoms with Crippen molar-refractivity contribution in [2.24, 2.45) is 0 Å². The summed E-state index contributed by atoms with van der Waals surface area (Å²) < 4.78 is 5.31. The molecule has 4 nitrogen and oxygen atoms in total. The molecule has 0 amide bonds. The first-order valence-electron chi connectivity index (χ1n) is 7.88. The number of aromatic nitrogens is 1. The van der Waals surface area contributed by atoms with Crippen LogP contribution in [0.25, 0.3) is 0 Å². The number of hydrogen-bond acceptors (Lipinski definition) is 5. The van der Waals surface area contributed by atoms with Crippen LogP contribution >= 0.6 is 11.3 Å². The maximum atomic E-state index is 5.31. The fourth-order valence-electron chi connectivity index (χ4n) is 2.08. The van der Waals surface area contributed by atoms with Gasteiger partial charge in [0.2, 0.25) is 0 Å². The van der Waals surface area contributed by atoms with Crippen molar-refractivity contribution >= 4 is 16.5 Å². The van der Waals surface area contributed by atoms with Gasteiger partial charge in [-0.1, -0.05) is 13.8 Å². The van der Waals surface area contributed by atoms with Gasteiger partial charge in [0.25, 0.3) is 0 Å². The van der Waals surface area contributed by atoms with E-state index in [0.717, 1.165) is 43.3 Å². The molecule has 0 aliphatic carbocycles. The fraction of sp³-hybridized carbons (Fsp3) is 0.812. The van der Waals surface area contributed by atoms with Gasteiger partial charge in [0.05, 0.1) is 12.3 Å². The largest absolute Gasteiger partial charge is 0.378 e. The van der Waals surface area contributed by atoms with Gasteiger partial charge in [0, 0.05) is 37.2 Å². The van der Waals surface area contributed by atoms with Gasteiger partial charge < -0.3 is 15.0 Å². The van der Waals surface area contributed by atoms with E-state index in [4.69, 9.17) is 9.72 Å². The first kappa shape index (κ1) is 18.4. The summed E-state index contributed by atoms with van der Waals surface area (Å²) in [5, 5.41) is 4.69. The van der Waals surface area contributed by atoms with Gasteiger partial charge in [0.1, 0.15) is 0 Å². The van der Waals surface area contributed by atoms with E-state index in [0.29, 0.717) is 6.61 Å². The lowest BCUT2D eigenvalue weighted by molar-refractivity contribution is 0.181. The van der Waals surface area contributed by atoms with Crippen LogP contribution in [0.15, 0.2) is 0 Å². The van der Waals surface area contributed by atoms with Crippen molar-refractivity contribution in [1.29, 1.82) is 0 Å². The van der Waals surface area contributed by atoms with E-state index >= 15 is 0 Å². The Bertz CT molecular complexity index is 406. The van der Waals surface area contributed by atoms with Crippen LogP contribution in [-0.2, 0) is 17.9 Å². The van der Waals surface area contributed by atoms with E-state index < -0.39 is 0 Å². The molecule has 1 rings (SSSR count). The normalized spacial score (nSPS) is 11.9. The molecule has 0 spiro atoms. The standard InChI is InChI=1S/C16H31N3OS/c1-7-9-19(10-8-2)15-18-13(12-20-6)14(21-15)11-17-16(3,4)5/h17H,7-12H2,1-6H3. The minimum Gasteiger partial charge on any atom is -0.378 e. The van der Waals surface area contributed by atoms with Crippen LogP contribution in [0.1, 0.15) is 58.0 Å². The Morgan fingerprint density at radius 2 is 1.81 bits per heavy atom. The van der Waals surface area contributed by atoms with Crippen molar-refractivity contribution in [3.05, 3.63) is 10.6 Å². The van der Waals surface area contributed by atoms with Crippen LogP contribution < -0.4 is 10.2 Å². The second-order valence-corrected chi connectivity index (χ2v) is 7.45. The average molecular weight is 314 g/mol. The molecule has 0 fully saturated rings. The number of rotatable bonds is 9. The second-order valence-electron chi connectivity index (χ2n) is 6.39. The van der Waals surface area contributed by atoms with Crippen LogP contribution in [0.5, 0.6) is 0 Å². The summed E-state index contributed by atoms with van der Waals surface area (Å²) in [5.74, 6) is 0. The zero-order valence-corrected chi connectivity index (χ0v) is 15.3. The van der Waals surface area contributed by atoms with E-state index in [1.807, 2.05) is 0 Å². The highest BCUT2D eigenvalue weighted by molar-refractivity contribution is 7.15. The van der Waals surface area contributed by atoms with Gasteiger partial charge >= 0.3 is 0 Å². The zero-order chi connectivity index (χ0) is 15.9. The summed E-state index contributed by atoms with van der Waals surface area (Å²) >= 11 is 1.80. The summed E-state index contributed by atoms with van der Waals surface area (Å²) in [6.07, 6.45) is 2.30. The van der Waals surface area contributed by atoms with Gasteiger partial charge in [-0.15, -0.1) is 11.3 Å². The van der Waals surface area contributed by atoms with Crippen molar-refractivity contribution in [1.82, 2.24) is 10.3 Å². The van der Waals surface area contributed by atoms with Crippen molar-refractivity contribution in [3.63, 3.8) is 0 Å². The number of ether oxygens (including phenoxy) is 1. The smallest absolute Gasteiger partial charge is 0.185 e. The molecule has 1 aromatic rings. The van der Waals surface area contributed by atoms with Gasteiger partial charge in [-0.3, -0.25) is 0 Å². The zero-order valence-electron chi connectivity index (χ0n) is 14.5. The SMILES string of the molecule is CCCN(CCC)c1nc(COC)c(CNC(C)(C)C)s1. The summed E-state index contributed by atoms with van der Waals surface area (Å²) in [6, 6.07) is 0. The Hall–Kier alpha value is -0.650. The maximum Gasteiger partial charge on any atom is 0.185 e. The molecule has 122 valence electrons. The van der Waals surface area contributed by atoms with Crippen LogP contribution in [0.4, 0.5) is 5.13 Å². The predicted octanol–water partition coefficient (Wildman–Crippen LogP) is 3.80. The lowest BCUT2D eigenvalue weighted by Gasteiger charge is -2.20. The minimum atomic E-state index is 0.112. The number of nitrogens with one attached hydrogen (secondary N) is 1. The Kier molecular flexibility index (Phi) is 7.63. The third-order valence-corrected chi connectivity index (χ3v) is 4.24. The molecule has 0 atom stereocenters. The number of methoxy groups -OCH3 is 1. The van der Waals surface area contributed by atoms with Crippen molar-refractivity contribution < 1.29 is 4.74 Å². The predicted molar refractivity (Wildman–Crippen MR) is 92.2 cm³/mol. The highest BCUT2D eigenvalue weighted by Gasteiger charge is 2.17. The lowest BCUT2D eigenvalue weighted by Crippen LogP contribution is -2.35. The first-order valence-corrected chi connectivity index (χ1v) is 8.70. The highest BCUT2D eigenvalue weighted by atomic mass is 32.1. The van der Waals surface area contributed by atoms with Crippen molar-refractivity contribution in [2.75, 3.05) is 25.1 Å². The van der Waals surface area contributed by atoms with Crippen LogP contribution in [0, 0.1) is 0 Å². The lowest BCUT2D eigenvalue weighted by atomic mass is 10.1. The Labute approximate surface area is 133 Å². The molecule has 21 heavy (non-hydrogen) atoms. The van der Waals surface area contributed by atoms with Crippen LogP contribution in [-0.4, -0.2) is 30.7 Å². The quantitative estimate of drug-likeness (QED) is 0.752. The molecule has 0 aliphatic heterocycles. The molecular formula is C16H31N3OS. The number of thiazole rings is 1. The van der Waals surface area contributed by atoms with Gasteiger partial charge in [0.15, 0.2) is 5.13 Å². The molecule has 0 radical (unpaired) electrons. The molecule has 0 unspecified atom stereocenters. The molecule has 1 N–H and O–H groups in total. The minimum absolute atomic E-state index is 0.112. The number of nitrogens with zero attached hydrogens (tertiary/aromatic N) is 2. The van der Waals surface area contributed by atoms with E-state index in [2.05, 4.69) is 44.8 Å². The van der Waals surface area contributed by atoms with Crippen LogP contribution in [0.3, 0.4) is 0 Å². The molecule has 0 saturated heterocycles. The van der Waals surface area contributed by atoms with Gasteiger partial charge in [-0.2, -0.15) is 0 Å². The monoisotopic (exact) mass is 313 g/mol. The molecule has 0 aliphatic rings. The fourth-order valence-corrected chi connectivity index (χ4v) is 3.14. The number of anilines is 1. The second kappa shape index (κ2) is 8.71. The van der Waals surface area contributed by atoms with E-state index in [1.54, 1.807) is 18.4 Å². The van der Waals surface area contributed by atoms with E-state index in [9.17, 15) is 0 Å². The molecule has 1 aromatic heterocycles. The maximum absolute atomic E-state index is 5.31. The number of hydrogen-bond donors (Lipinski definition) is 1. The molecule has 5 heteroatoms. The van der Waals surface area contributed by atoms with Gasteiger partial charge in [-0.25, -0.2) is 4.98 Å². The van der Waals surface area contributed by atoms with E-state index in [-0.39, 0.29) is 5.54 Å². The third-order valence-electron chi connectivity index (χ3n) is 3.08. The van der Waals surface area contributed by atoms with Crippen LogP contribution in [0.2, 0.25) is 0 Å². The Balaban J connectivity index is 2.90. The highest BCUT2D eigenvalue weighted by Crippen LogP contribution is 2.28. The van der Waals surface area contributed by atoms with Gasteiger partial charge in [-0.05, 0) is 33.6 Å². The molecule has 0 bridgehead atoms. The van der Waals surface area contributed by atoms with E-state index in [1.165, 1.54) is 4.88 Å². The van der Waals surface area contributed by atoms with Crippen molar-refractivity contribution in [2.45, 2.75) is 66.2 Å².